The maximum absolute atomic E-state index is 12.2. The second-order valence-electron chi connectivity index (χ2n) is 5.25. The fourth-order valence-corrected chi connectivity index (χ4v) is 3.36. The van der Waals surface area contributed by atoms with Crippen LogP contribution in [0.2, 0.25) is 0 Å². The van der Waals surface area contributed by atoms with Crippen molar-refractivity contribution in [1.82, 2.24) is 5.16 Å². The molecule has 3 N–H and O–H groups in total. The van der Waals surface area contributed by atoms with E-state index in [-0.39, 0.29) is 17.9 Å². The molecule has 1 heterocycles. The maximum Gasteiger partial charge on any atom is 0.230 e. The van der Waals surface area contributed by atoms with E-state index in [9.17, 15) is 4.79 Å². The van der Waals surface area contributed by atoms with Crippen molar-refractivity contribution in [2.24, 2.45) is 23.5 Å². The van der Waals surface area contributed by atoms with Crippen molar-refractivity contribution in [2.75, 3.05) is 5.32 Å². The first kappa shape index (κ1) is 10.8. The Balaban J connectivity index is 1.70. The van der Waals surface area contributed by atoms with Gasteiger partial charge in [0.15, 0.2) is 5.82 Å². The SMILES string of the molecule is Cc1cc(NC(=O)C2C3CCC(C3)C2N)no1. The molecule has 1 amide bonds. The van der Waals surface area contributed by atoms with Crippen LogP contribution in [0.3, 0.4) is 0 Å². The normalized spacial score (nSPS) is 35.2. The highest BCUT2D eigenvalue weighted by molar-refractivity contribution is 5.92. The van der Waals surface area contributed by atoms with Gasteiger partial charge in [-0.2, -0.15) is 0 Å². The summed E-state index contributed by atoms with van der Waals surface area (Å²) in [6, 6.07) is 1.73. The number of aryl methyl sites for hydroxylation is 1. The van der Waals surface area contributed by atoms with Crippen molar-refractivity contribution in [2.45, 2.75) is 32.2 Å². The molecule has 0 aliphatic heterocycles. The third kappa shape index (κ3) is 1.74. The van der Waals surface area contributed by atoms with Crippen LogP contribution in [0.5, 0.6) is 0 Å². The van der Waals surface area contributed by atoms with E-state index in [0.29, 0.717) is 23.4 Å². The summed E-state index contributed by atoms with van der Waals surface area (Å²) < 4.78 is 4.92. The largest absolute Gasteiger partial charge is 0.360 e. The van der Waals surface area contributed by atoms with E-state index in [0.717, 1.165) is 12.8 Å². The minimum Gasteiger partial charge on any atom is -0.360 e. The van der Waals surface area contributed by atoms with Crippen LogP contribution in [0, 0.1) is 24.7 Å². The van der Waals surface area contributed by atoms with Gasteiger partial charge in [0.25, 0.3) is 0 Å². The van der Waals surface area contributed by atoms with E-state index >= 15 is 0 Å². The summed E-state index contributed by atoms with van der Waals surface area (Å²) in [5.74, 6) is 2.13. The summed E-state index contributed by atoms with van der Waals surface area (Å²) >= 11 is 0. The lowest BCUT2D eigenvalue weighted by Crippen LogP contribution is -2.42. The number of aromatic nitrogens is 1. The highest BCUT2D eigenvalue weighted by atomic mass is 16.5. The summed E-state index contributed by atoms with van der Waals surface area (Å²) in [5.41, 5.74) is 6.12. The van der Waals surface area contributed by atoms with Gasteiger partial charge < -0.3 is 15.6 Å². The molecule has 0 radical (unpaired) electrons. The Labute approximate surface area is 99.7 Å². The number of nitrogens with two attached hydrogens (primary N) is 1. The Morgan fingerprint density at radius 3 is 2.88 bits per heavy atom. The minimum absolute atomic E-state index is 0.00185. The lowest BCUT2D eigenvalue weighted by atomic mass is 9.84. The quantitative estimate of drug-likeness (QED) is 0.809. The third-order valence-electron chi connectivity index (χ3n) is 4.16. The number of fused-ring (bicyclic) bond motifs is 2. The lowest BCUT2D eigenvalue weighted by molar-refractivity contribution is -0.121. The molecule has 2 fully saturated rings. The molecule has 17 heavy (non-hydrogen) atoms. The topological polar surface area (TPSA) is 81.2 Å². The molecular weight excluding hydrogens is 218 g/mol. The molecule has 0 saturated heterocycles. The predicted molar refractivity (Wildman–Crippen MR) is 62.2 cm³/mol. The van der Waals surface area contributed by atoms with E-state index in [1.54, 1.807) is 13.0 Å². The Morgan fingerprint density at radius 2 is 2.29 bits per heavy atom. The number of nitrogens with zero attached hydrogens (tertiary/aromatic N) is 1. The average molecular weight is 235 g/mol. The molecule has 4 unspecified atom stereocenters. The van der Waals surface area contributed by atoms with Crippen molar-refractivity contribution in [1.29, 1.82) is 0 Å². The molecular formula is C12H17N3O2. The minimum atomic E-state index is -0.0502. The number of anilines is 1. The molecule has 5 nitrogen and oxygen atoms in total. The van der Waals surface area contributed by atoms with Crippen molar-refractivity contribution in [3.05, 3.63) is 11.8 Å². The van der Waals surface area contributed by atoms with Gasteiger partial charge in [-0.05, 0) is 38.0 Å². The summed E-state index contributed by atoms with van der Waals surface area (Å²) in [4.78, 5) is 12.2. The number of carbonyl (C=O) groups is 1. The zero-order valence-corrected chi connectivity index (χ0v) is 9.85. The highest BCUT2D eigenvalue weighted by Gasteiger charge is 2.49. The average Bonchev–Trinajstić information content (AvgIpc) is 2.94. The van der Waals surface area contributed by atoms with Gasteiger partial charge in [0.2, 0.25) is 5.91 Å². The molecule has 0 spiro atoms. The first-order valence-corrected chi connectivity index (χ1v) is 6.15. The van der Waals surface area contributed by atoms with Crippen LogP contribution >= 0.6 is 0 Å². The molecule has 2 saturated carbocycles. The van der Waals surface area contributed by atoms with E-state index in [1.165, 1.54) is 6.42 Å². The zero-order valence-electron chi connectivity index (χ0n) is 9.85. The highest BCUT2D eigenvalue weighted by Crippen LogP contribution is 2.47. The van der Waals surface area contributed by atoms with E-state index < -0.39 is 0 Å². The predicted octanol–water partition coefficient (Wildman–Crippen LogP) is 1.29. The van der Waals surface area contributed by atoms with Gasteiger partial charge in [-0.3, -0.25) is 4.79 Å². The number of hydrogen-bond acceptors (Lipinski definition) is 4. The number of nitrogens with one attached hydrogen (secondary N) is 1. The second kappa shape index (κ2) is 3.84. The van der Waals surface area contributed by atoms with Crippen molar-refractivity contribution in [3.8, 4) is 0 Å². The number of carbonyl (C=O) groups excluding carboxylic acids is 1. The van der Waals surface area contributed by atoms with E-state index in [1.807, 2.05) is 0 Å². The monoisotopic (exact) mass is 235 g/mol. The van der Waals surface area contributed by atoms with Crippen LogP contribution in [0.15, 0.2) is 10.6 Å². The molecule has 0 aromatic carbocycles. The first-order valence-electron chi connectivity index (χ1n) is 6.15. The Bertz CT molecular complexity index is 441. The molecule has 2 aliphatic carbocycles. The zero-order chi connectivity index (χ0) is 12.0. The molecule has 2 aliphatic rings. The van der Waals surface area contributed by atoms with E-state index in [2.05, 4.69) is 10.5 Å². The van der Waals surface area contributed by atoms with Gasteiger partial charge >= 0.3 is 0 Å². The van der Waals surface area contributed by atoms with E-state index in [4.69, 9.17) is 10.3 Å². The standard InChI is InChI=1S/C12H17N3O2/c1-6-4-9(15-17-6)14-12(16)10-7-2-3-8(5-7)11(10)13/h4,7-8,10-11H,2-3,5,13H2,1H3,(H,14,15,16). The first-order chi connectivity index (χ1) is 8.15. The van der Waals surface area contributed by atoms with Gasteiger partial charge in [0.05, 0.1) is 5.92 Å². The van der Waals surface area contributed by atoms with Crippen LogP contribution in [-0.2, 0) is 4.79 Å². The fraction of sp³-hybridized carbons (Fsp3) is 0.667. The smallest absolute Gasteiger partial charge is 0.230 e. The van der Waals surface area contributed by atoms with Crippen LogP contribution in [0.1, 0.15) is 25.0 Å². The molecule has 3 rings (SSSR count). The van der Waals surface area contributed by atoms with Gasteiger partial charge in [0, 0.05) is 12.1 Å². The van der Waals surface area contributed by atoms with Gasteiger partial charge in [-0.15, -0.1) is 0 Å². The van der Waals surface area contributed by atoms with Crippen LogP contribution in [-0.4, -0.2) is 17.1 Å². The molecule has 2 bridgehead atoms. The lowest BCUT2D eigenvalue weighted by Gasteiger charge is -2.26. The molecule has 1 aromatic heterocycles. The molecule has 1 aromatic rings. The number of amides is 1. The van der Waals surface area contributed by atoms with Gasteiger partial charge in [-0.1, -0.05) is 5.16 Å². The summed E-state index contributed by atoms with van der Waals surface area (Å²) in [5, 5.41) is 6.56. The van der Waals surface area contributed by atoms with Crippen molar-refractivity contribution < 1.29 is 9.32 Å². The maximum atomic E-state index is 12.2. The van der Waals surface area contributed by atoms with Crippen LogP contribution < -0.4 is 11.1 Å². The third-order valence-corrected chi connectivity index (χ3v) is 4.16. The summed E-state index contributed by atoms with van der Waals surface area (Å²) in [6.07, 6.45) is 3.42. The van der Waals surface area contributed by atoms with Crippen molar-refractivity contribution >= 4 is 11.7 Å². The fourth-order valence-electron chi connectivity index (χ4n) is 3.36. The van der Waals surface area contributed by atoms with Crippen LogP contribution in [0.4, 0.5) is 5.82 Å². The molecule has 4 atom stereocenters. The number of rotatable bonds is 2. The second-order valence-corrected chi connectivity index (χ2v) is 5.25. The summed E-state index contributed by atoms with van der Waals surface area (Å²) in [6.45, 7) is 1.80. The Kier molecular flexibility index (Phi) is 2.43. The van der Waals surface area contributed by atoms with Crippen LogP contribution in [0.25, 0.3) is 0 Å². The molecule has 92 valence electrons. The van der Waals surface area contributed by atoms with Gasteiger partial charge in [-0.25, -0.2) is 0 Å². The molecule has 5 heteroatoms. The number of hydrogen-bond donors (Lipinski definition) is 2. The Morgan fingerprint density at radius 1 is 1.53 bits per heavy atom. The Hall–Kier alpha value is -1.36. The van der Waals surface area contributed by atoms with Crippen molar-refractivity contribution in [3.63, 3.8) is 0 Å². The van der Waals surface area contributed by atoms with Gasteiger partial charge in [0.1, 0.15) is 5.76 Å². The summed E-state index contributed by atoms with van der Waals surface area (Å²) in [7, 11) is 0.